The number of ketones is 1. The first-order valence-corrected chi connectivity index (χ1v) is 9.24. The van der Waals surface area contributed by atoms with Crippen molar-refractivity contribution in [1.82, 2.24) is 0 Å². The molecule has 5 heteroatoms. The lowest BCUT2D eigenvalue weighted by Gasteiger charge is -2.09. The maximum Gasteiger partial charge on any atom is 0.374 e. The van der Waals surface area contributed by atoms with Crippen molar-refractivity contribution >= 4 is 22.7 Å². The third-order valence-electron chi connectivity index (χ3n) is 4.83. The second-order valence-electron chi connectivity index (χ2n) is 6.91. The molecule has 0 fully saturated rings. The number of hydrogen-bond donors (Lipinski definition) is 0. The molecule has 144 valence electrons. The van der Waals surface area contributed by atoms with Crippen molar-refractivity contribution in [3.05, 3.63) is 81.2 Å². The van der Waals surface area contributed by atoms with Crippen LogP contribution in [0, 0.1) is 6.92 Å². The minimum absolute atomic E-state index is 0.221. The highest BCUT2D eigenvalue weighted by molar-refractivity contribution is 5.99. The van der Waals surface area contributed by atoms with Crippen LogP contribution in [0.5, 0.6) is 0 Å². The molecular weight excluding hydrogens is 356 g/mol. The fraction of sp³-hybridized carbons (Fsp3) is 0.261. The van der Waals surface area contributed by atoms with Crippen LogP contribution in [-0.4, -0.2) is 18.4 Å². The van der Waals surface area contributed by atoms with Crippen LogP contribution in [0.4, 0.5) is 0 Å². The van der Waals surface area contributed by atoms with Crippen molar-refractivity contribution in [2.45, 2.75) is 33.1 Å². The van der Waals surface area contributed by atoms with Gasteiger partial charge in [0.05, 0.1) is 5.39 Å². The Balaban J connectivity index is 1.70. The van der Waals surface area contributed by atoms with E-state index in [1.54, 1.807) is 30.3 Å². The summed E-state index contributed by atoms with van der Waals surface area (Å²) in [6.07, 6.45) is 1.02. The summed E-state index contributed by atoms with van der Waals surface area (Å²) in [5.74, 6) is -0.963. The largest absolute Gasteiger partial charge is 0.451 e. The van der Waals surface area contributed by atoms with Crippen LogP contribution in [0.15, 0.2) is 57.7 Å². The molecule has 0 saturated heterocycles. The van der Waals surface area contributed by atoms with Crippen LogP contribution >= 0.6 is 0 Å². The summed E-state index contributed by atoms with van der Waals surface area (Å²) in [4.78, 5) is 36.7. The zero-order chi connectivity index (χ0) is 20.3. The highest BCUT2D eigenvalue weighted by atomic mass is 16.5. The molecule has 0 amide bonds. The zero-order valence-corrected chi connectivity index (χ0v) is 16.2. The van der Waals surface area contributed by atoms with Crippen LogP contribution < -0.4 is 5.43 Å². The van der Waals surface area contributed by atoms with E-state index in [0.29, 0.717) is 22.5 Å². The molecule has 0 saturated carbocycles. The van der Waals surface area contributed by atoms with Gasteiger partial charge < -0.3 is 9.15 Å². The molecule has 0 bridgehead atoms. The molecule has 5 nitrogen and oxygen atoms in total. The number of esters is 1. The van der Waals surface area contributed by atoms with E-state index in [4.69, 9.17) is 9.15 Å². The third-order valence-corrected chi connectivity index (χ3v) is 4.83. The van der Waals surface area contributed by atoms with E-state index in [9.17, 15) is 14.4 Å². The highest BCUT2D eigenvalue weighted by Crippen LogP contribution is 2.19. The van der Waals surface area contributed by atoms with Crippen LogP contribution in [0.1, 0.15) is 58.2 Å². The fourth-order valence-corrected chi connectivity index (χ4v) is 2.89. The number of carbonyl (C=O) groups is 2. The van der Waals surface area contributed by atoms with Crippen molar-refractivity contribution in [2.75, 3.05) is 6.61 Å². The lowest BCUT2D eigenvalue weighted by atomic mass is 9.97. The maximum absolute atomic E-state index is 12.3. The van der Waals surface area contributed by atoms with Crippen molar-refractivity contribution in [1.29, 1.82) is 0 Å². The molecular formula is C23H22O5. The summed E-state index contributed by atoms with van der Waals surface area (Å²) in [6.45, 7) is 5.67. The average molecular weight is 378 g/mol. The number of fused-ring (bicyclic) bond motifs is 1. The highest BCUT2D eigenvalue weighted by Gasteiger charge is 2.16. The smallest absolute Gasteiger partial charge is 0.374 e. The first-order valence-electron chi connectivity index (χ1n) is 9.24. The van der Waals surface area contributed by atoms with Gasteiger partial charge in [-0.05, 0) is 37.0 Å². The summed E-state index contributed by atoms with van der Waals surface area (Å²) in [5, 5.41) is 0.397. The van der Waals surface area contributed by atoms with Gasteiger partial charge in [-0.1, -0.05) is 49.7 Å². The summed E-state index contributed by atoms with van der Waals surface area (Å²) >= 11 is 0. The normalized spacial score (nSPS) is 12.0. The Kier molecular flexibility index (Phi) is 5.73. The van der Waals surface area contributed by atoms with Crippen LogP contribution in [0.25, 0.3) is 11.0 Å². The van der Waals surface area contributed by atoms with Crippen LogP contribution in [-0.2, 0) is 4.74 Å². The standard InChI is InChI=1S/C23H22O5/c1-4-15(3)16-6-8-17(9-7-16)20(25)13-27-23(26)22-12-19(24)18-11-14(2)5-10-21(18)28-22/h5-12,15H,4,13H2,1-3H3/t15-/m0/s1. The van der Waals surface area contributed by atoms with Gasteiger partial charge in [-0.25, -0.2) is 4.79 Å². The van der Waals surface area contributed by atoms with Gasteiger partial charge in [0.2, 0.25) is 5.76 Å². The molecule has 1 atom stereocenters. The molecule has 0 aliphatic carbocycles. The molecule has 2 aromatic carbocycles. The summed E-state index contributed by atoms with van der Waals surface area (Å²) < 4.78 is 10.5. The maximum atomic E-state index is 12.3. The van der Waals surface area contributed by atoms with Crippen molar-refractivity contribution in [2.24, 2.45) is 0 Å². The molecule has 0 aliphatic rings. The Bertz CT molecular complexity index is 1080. The number of rotatable bonds is 6. The van der Waals surface area contributed by atoms with E-state index >= 15 is 0 Å². The molecule has 3 rings (SSSR count). The lowest BCUT2D eigenvalue weighted by molar-refractivity contribution is 0.0444. The predicted octanol–water partition coefficient (Wildman–Crippen LogP) is 4.65. The fourth-order valence-electron chi connectivity index (χ4n) is 2.89. The van der Waals surface area contributed by atoms with Gasteiger partial charge in [0.15, 0.2) is 17.8 Å². The topological polar surface area (TPSA) is 73.6 Å². The summed E-state index contributed by atoms with van der Waals surface area (Å²) in [6, 6.07) is 13.5. The minimum Gasteiger partial charge on any atom is -0.451 e. The number of carbonyl (C=O) groups excluding carboxylic acids is 2. The SMILES string of the molecule is CC[C@H](C)c1ccc(C(=O)COC(=O)c2cc(=O)c3cc(C)ccc3o2)cc1. The van der Waals surface area contributed by atoms with E-state index in [-0.39, 0.29) is 17.0 Å². The quantitative estimate of drug-likeness (QED) is 0.461. The number of hydrogen-bond acceptors (Lipinski definition) is 5. The Morgan fingerprint density at radius 3 is 2.46 bits per heavy atom. The molecule has 0 spiro atoms. The predicted molar refractivity (Wildman–Crippen MR) is 107 cm³/mol. The number of Topliss-reactive ketones (excluding diaryl/α,β-unsaturated/α-hetero) is 1. The van der Waals surface area contributed by atoms with Crippen molar-refractivity contribution in [3.8, 4) is 0 Å². The van der Waals surface area contributed by atoms with Gasteiger partial charge in [-0.3, -0.25) is 9.59 Å². The molecule has 1 aromatic heterocycles. The van der Waals surface area contributed by atoms with Gasteiger partial charge in [0.1, 0.15) is 5.58 Å². The summed E-state index contributed by atoms with van der Waals surface area (Å²) in [5.41, 5.74) is 2.51. The van der Waals surface area contributed by atoms with Crippen molar-refractivity contribution in [3.63, 3.8) is 0 Å². The number of benzene rings is 2. The second-order valence-corrected chi connectivity index (χ2v) is 6.91. The second kappa shape index (κ2) is 8.21. The van der Waals surface area contributed by atoms with Gasteiger partial charge in [-0.15, -0.1) is 0 Å². The molecule has 0 unspecified atom stereocenters. The van der Waals surface area contributed by atoms with Gasteiger partial charge in [-0.2, -0.15) is 0 Å². The van der Waals surface area contributed by atoms with Gasteiger partial charge >= 0.3 is 5.97 Å². The first kappa shape index (κ1) is 19.5. The molecule has 0 radical (unpaired) electrons. The first-order chi connectivity index (χ1) is 13.4. The van der Waals surface area contributed by atoms with E-state index in [1.807, 2.05) is 19.1 Å². The van der Waals surface area contributed by atoms with Crippen LogP contribution in [0.3, 0.4) is 0 Å². The van der Waals surface area contributed by atoms with Gasteiger partial charge in [0.25, 0.3) is 0 Å². The number of ether oxygens (including phenoxy) is 1. The summed E-state index contributed by atoms with van der Waals surface area (Å²) in [7, 11) is 0. The van der Waals surface area contributed by atoms with Gasteiger partial charge in [0, 0.05) is 11.6 Å². The molecule has 3 aromatic rings. The third kappa shape index (κ3) is 4.19. The van der Waals surface area contributed by atoms with E-state index in [0.717, 1.165) is 23.6 Å². The minimum atomic E-state index is -0.843. The molecule has 1 heterocycles. The molecule has 0 N–H and O–H groups in total. The number of aryl methyl sites for hydroxylation is 1. The van der Waals surface area contributed by atoms with E-state index in [1.165, 1.54) is 0 Å². The molecule has 0 aliphatic heterocycles. The van der Waals surface area contributed by atoms with Crippen LogP contribution in [0.2, 0.25) is 0 Å². The zero-order valence-electron chi connectivity index (χ0n) is 16.2. The Hall–Kier alpha value is -3.21. The van der Waals surface area contributed by atoms with E-state index < -0.39 is 12.6 Å². The molecule has 28 heavy (non-hydrogen) atoms. The monoisotopic (exact) mass is 378 g/mol. The van der Waals surface area contributed by atoms with E-state index in [2.05, 4.69) is 13.8 Å². The lowest BCUT2D eigenvalue weighted by Crippen LogP contribution is -2.16. The average Bonchev–Trinajstić information content (AvgIpc) is 2.71. The van der Waals surface area contributed by atoms with Crippen molar-refractivity contribution < 1.29 is 18.7 Å². The Morgan fingerprint density at radius 1 is 1.07 bits per heavy atom. The Morgan fingerprint density at radius 2 is 1.79 bits per heavy atom. The Labute approximate surface area is 162 Å².